The monoisotopic (exact) mass is 444 g/mol. The number of piperazine rings is 1. The van der Waals surface area contributed by atoms with Gasteiger partial charge in [-0.15, -0.1) is 0 Å². The lowest BCUT2D eigenvalue weighted by Gasteiger charge is -2.34. The molecule has 172 valence electrons. The lowest BCUT2D eigenvalue weighted by molar-refractivity contribution is -0.120. The highest BCUT2D eigenvalue weighted by atomic mass is 16.2. The van der Waals surface area contributed by atoms with Gasteiger partial charge >= 0.3 is 0 Å². The van der Waals surface area contributed by atoms with E-state index in [1.54, 1.807) is 0 Å². The molecule has 0 bridgehead atoms. The smallest absolute Gasteiger partial charge is 0.282 e. The van der Waals surface area contributed by atoms with Crippen LogP contribution in [0.3, 0.4) is 0 Å². The van der Waals surface area contributed by atoms with E-state index in [1.807, 2.05) is 50.2 Å². The van der Waals surface area contributed by atoms with Crippen LogP contribution >= 0.6 is 0 Å². The van der Waals surface area contributed by atoms with Crippen LogP contribution in [0.5, 0.6) is 0 Å². The molecule has 0 atom stereocenters. The Bertz CT molecular complexity index is 1110. The molecule has 2 aromatic carbocycles. The molecule has 2 saturated heterocycles. The number of anilines is 2. The molecule has 0 aliphatic carbocycles. The topological polar surface area (TPSA) is 47.1 Å². The molecule has 6 heteroatoms. The first kappa shape index (κ1) is 21.7. The van der Waals surface area contributed by atoms with Crippen molar-refractivity contribution in [2.24, 2.45) is 0 Å². The van der Waals surface area contributed by atoms with Crippen molar-refractivity contribution < 1.29 is 9.59 Å². The van der Waals surface area contributed by atoms with Crippen molar-refractivity contribution in [2.75, 3.05) is 56.1 Å². The largest absolute Gasteiger partial charge is 0.372 e. The molecule has 0 unspecified atom stereocenters. The Kier molecular flexibility index (Phi) is 5.71. The summed E-state index contributed by atoms with van der Waals surface area (Å²) in [5.41, 5.74) is 5.88. The number of imide groups is 1. The van der Waals surface area contributed by atoms with Crippen molar-refractivity contribution in [1.29, 1.82) is 0 Å². The van der Waals surface area contributed by atoms with Gasteiger partial charge in [0, 0.05) is 45.0 Å². The predicted molar refractivity (Wildman–Crippen MR) is 132 cm³/mol. The Morgan fingerprint density at radius 3 is 1.97 bits per heavy atom. The van der Waals surface area contributed by atoms with Crippen LogP contribution in [0.4, 0.5) is 11.4 Å². The maximum absolute atomic E-state index is 13.8. The van der Waals surface area contributed by atoms with Gasteiger partial charge in [-0.1, -0.05) is 23.8 Å². The zero-order valence-electron chi connectivity index (χ0n) is 19.8. The van der Waals surface area contributed by atoms with Gasteiger partial charge in [-0.05, 0) is 69.1 Å². The average Bonchev–Trinajstić information content (AvgIpc) is 3.42. The zero-order chi connectivity index (χ0) is 23.1. The van der Waals surface area contributed by atoms with Crippen molar-refractivity contribution in [3.05, 3.63) is 64.9 Å². The minimum atomic E-state index is -0.227. The first-order valence-corrected chi connectivity index (χ1v) is 11.9. The number of aryl methyl sites for hydroxylation is 2. The highest BCUT2D eigenvalue weighted by Crippen LogP contribution is 2.37. The molecule has 0 spiro atoms. The second-order valence-electron chi connectivity index (χ2n) is 9.49. The third-order valence-corrected chi connectivity index (χ3v) is 7.11. The molecule has 0 N–H and O–H groups in total. The first-order chi connectivity index (χ1) is 15.9. The molecular weight excluding hydrogens is 412 g/mol. The normalized spacial score (nSPS) is 19.9. The molecule has 33 heavy (non-hydrogen) atoms. The van der Waals surface area contributed by atoms with E-state index in [-0.39, 0.29) is 11.8 Å². The second kappa shape index (κ2) is 8.67. The Morgan fingerprint density at radius 1 is 0.697 bits per heavy atom. The number of carbonyl (C=O) groups is 2. The summed E-state index contributed by atoms with van der Waals surface area (Å²) in [5.74, 6) is -0.441. The van der Waals surface area contributed by atoms with Crippen LogP contribution < -0.4 is 9.80 Å². The molecule has 0 radical (unpaired) electrons. The number of hydrogen-bond acceptors (Lipinski definition) is 5. The number of benzene rings is 2. The van der Waals surface area contributed by atoms with Crippen LogP contribution in [-0.4, -0.2) is 67.9 Å². The number of rotatable bonds is 4. The minimum Gasteiger partial charge on any atom is -0.372 e. The summed E-state index contributed by atoms with van der Waals surface area (Å²) < 4.78 is 0. The third-order valence-electron chi connectivity index (χ3n) is 7.11. The van der Waals surface area contributed by atoms with Crippen molar-refractivity contribution in [2.45, 2.75) is 26.7 Å². The van der Waals surface area contributed by atoms with Gasteiger partial charge in [0.15, 0.2) is 0 Å². The molecule has 2 fully saturated rings. The molecule has 3 aliphatic rings. The molecule has 3 aliphatic heterocycles. The average molecular weight is 445 g/mol. The van der Waals surface area contributed by atoms with Gasteiger partial charge < -0.3 is 14.7 Å². The first-order valence-electron chi connectivity index (χ1n) is 11.9. The van der Waals surface area contributed by atoms with E-state index >= 15 is 0 Å². The lowest BCUT2D eigenvalue weighted by Crippen LogP contribution is -2.46. The third kappa shape index (κ3) is 3.93. The van der Waals surface area contributed by atoms with E-state index in [0.717, 1.165) is 61.6 Å². The number of amides is 2. The van der Waals surface area contributed by atoms with E-state index in [9.17, 15) is 9.59 Å². The quantitative estimate of drug-likeness (QED) is 0.676. The standard InChI is InChI=1S/C27H32N4O2/c1-19-6-11-23(20(2)18-19)24-25(30-16-14-28(3)15-17-30)27(33)31(26(24)32)22-9-7-21(8-10-22)29-12-4-5-13-29/h6-11,18H,4-5,12-17H2,1-3H3. The maximum atomic E-state index is 13.8. The van der Waals surface area contributed by atoms with Crippen molar-refractivity contribution in [1.82, 2.24) is 9.80 Å². The minimum absolute atomic E-state index is 0.214. The fourth-order valence-corrected chi connectivity index (χ4v) is 5.20. The summed E-state index contributed by atoms with van der Waals surface area (Å²) in [6, 6.07) is 14.0. The van der Waals surface area contributed by atoms with Gasteiger partial charge in [0.05, 0.1) is 11.3 Å². The Morgan fingerprint density at radius 2 is 1.33 bits per heavy atom. The summed E-state index contributed by atoms with van der Waals surface area (Å²) in [5, 5.41) is 0. The van der Waals surface area contributed by atoms with Crippen molar-refractivity contribution >= 4 is 28.8 Å². The Hall–Kier alpha value is -3.12. The highest BCUT2D eigenvalue weighted by Gasteiger charge is 2.43. The molecule has 0 saturated carbocycles. The molecular formula is C27H32N4O2. The predicted octanol–water partition coefficient (Wildman–Crippen LogP) is 3.44. The summed E-state index contributed by atoms with van der Waals surface area (Å²) in [7, 11) is 2.09. The SMILES string of the molecule is Cc1ccc(C2=C(N3CCN(C)CC3)C(=O)N(c3ccc(N4CCCC4)cc3)C2=O)c(C)c1. The van der Waals surface area contributed by atoms with Gasteiger partial charge in [0.2, 0.25) is 0 Å². The molecule has 5 rings (SSSR count). The maximum Gasteiger partial charge on any atom is 0.282 e. The number of likely N-dealkylation sites (N-methyl/N-ethyl adjacent to an activating group) is 1. The van der Waals surface area contributed by atoms with Crippen LogP contribution in [0, 0.1) is 13.8 Å². The van der Waals surface area contributed by atoms with Crippen LogP contribution in [0.1, 0.15) is 29.5 Å². The number of carbonyl (C=O) groups excluding carboxylic acids is 2. The second-order valence-corrected chi connectivity index (χ2v) is 9.49. The summed E-state index contributed by atoms with van der Waals surface area (Å²) in [6.45, 7) is 9.40. The Balaban J connectivity index is 1.53. The highest BCUT2D eigenvalue weighted by molar-refractivity contribution is 6.45. The van der Waals surface area contributed by atoms with Crippen LogP contribution in [0.25, 0.3) is 5.57 Å². The lowest BCUT2D eigenvalue weighted by atomic mass is 9.97. The van der Waals surface area contributed by atoms with E-state index in [1.165, 1.54) is 17.7 Å². The van der Waals surface area contributed by atoms with Crippen molar-refractivity contribution in [3.8, 4) is 0 Å². The number of hydrogen-bond donors (Lipinski definition) is 0. The van der Waals surface area contributed by atoms with Gasteiger partial charge in [-0.2, -0.15) is 0 Å². The van der Waals surface area contributed by atoms with Gasteiger partial charge in [0.1, 0.15) is 5.70 Å². The summed E-state index contributed by atoms with van der Waals surface area (Å²) in [6.07, 6.45) is 2.42. The molecule has 0 aromatic heterocycles. The molecule has 6 nitrogen and oxygen atoms in total. The fraction of sp³-hybridized carbons (Fsp3) is 0.407. The van der Waals surface area contributed by atoms with E-state index in [0.29, 0.717) is 17.0 Å². The molecule has 3 heterocycles. The van der Waals surface area contributed by atoms with Gasteiger partial charge in [-0.25, -0.2) is 4.90 Å². The van der Waals surface area contributed by atoms with Crippen LogP contribution in [0.2, 0.25) is 0 Å². The van der Waals surface area contributed by atoms with E-state index < -0.39 is 0 Å². The van der Waals surface area contributed by atoms with Gasteiger partial charge in [0.25, 0.3) is 11.8 Å². The summed E-state index contributed by atoms with van der Waals surface area (Å²) >= 11 is 0. The van der Waals surface area contributed by atoms with Crippen LogP contribution in [-0.2, 0) is 9.59 Å². The molecule has 2 aromatic rings. The zero-order valence-corrected chi connectivity index (χ0v) is 19.8. The van der Waals surface area contributed by atoms with E-state index in [4.69, 9.17) is 0 Å². The van der Waals surface area contributed by atoms with E-state index in [2.05, 4.69) is 27.8 Å². The molecule has 2 amide bonds. The number of nitrogens with zero attached hydrogens (tertiary/aromatic N) is 4. The summed E-state index contributed by atoms with van der Waals surface area (Å²) in [4.78, 5) is 35.7. The van der Waals surface area contributed by atoms with Crippen LogP contribution in [0.15, 0.2) is 48.2 Å². The van der Waals surface area contributed by atoms with Crippen molar-refractivity contribution in [3.63, 3.8) is 0 Å². The van der Waals surface area contributed by atoms with Gasteiger partial charge in [-0.3, -0.25) is 9.59 Å². The fourth-order valence-electron chi connectivity index (χ4n) is 5.20. The Labute approximate surface area is 196 Å².